The van der Waals surface area contributed by atoms with Crippen LogP contribution in [0.1, 0.15) is 10.4 Å². The Bertz CT molecular complexity index is 832. The number of rotatable bonds is 2. The van der Waals surface area contributed by atoms with Gasteiger partial charge in [-0.3, -0.25) is 0 Å². The Balaban J connectivity index is 2.20. The summed E-state index contributed by atoms with van der Waals surface area (Å²) in [5.41, 5.74) is 1.07. The predicted molar refractivity (Wildman–Crippen MR) is 71.3 cm³/mol. The number of H-pyrrole nitrogens is 1. The van der Waals surface area contributed by atoms with Crippen molar-refractivity contribution < 1.29 is 14.3 Å². The van der Waals surface area contributed by atoms with Gasteiger partial charge in [0.05, 0.1) is 16.1 Å². The molecule has 100 valence electrons. The Hall–Kier alpha value is -2.47. The standard InChI is InChI=1S/C13H7ClFN3O2/c14-8-2-1-6(5-9(8)15)11-17-10-7(13(19)20)3-4-16-12(10)18-11/h1-5H,(H,19,20)(H,16,17,18). The molecule has 1 aromatic carbocycles. The van der Waals surface area contributed by atoms with E-state index < -0.39 is 11.8 Å². The van der Waals surface area contributed by atoms with Crippen LogP contribution in [0.15, 0.2) is 30.5 Å². The summed E-state index contributed by atoms with van der Waals surface area (Å²) in [7, 11) is 0. The summed E-state index contributed by atoms with van der Waals surface area (Å²) in [6, 6.07) is 5.59. The van der Waals surface area contributed by atoms with Gasteiger partial charge in [0.1, 0.15) is 11.6 Å². The number of carboxylic acid groups (broad SMARTS) is 1. The number of aromatic carboxylic acids is 1. The number of hydrogen-bond acceptors (Lipinski definition) is 3. The smallest absolute Gasteiger partial charge is 0.338 e. The molecule has 0 bridgehead atoms. The van der Waals surface area contributed by atoms with Gasteiger partial charge in [0.25, 0.3) is 0 Å². The molecule has 2 N–H and O–H groups in total. The molecule has 0 saturated heterocycles. The third-order valence-corrected chi connectivity index (χ3v) is 3.12. The van der Waals surface area contributed by atoms with E-state index in [-0.39, 0.29) is 16.2 Å². The van der Waals surface area contributed by atoms with E-state index in [1.807, 2.05) is 0 Å². The van der Waals surface area contributed by atoms with Crippen LogP contribution in [0, 0.1) is 5.82 Å². The number of fused-ring (bicyclic) bond motifs is 1. The minimum absolute atomic E-state index is 0.00853. The lowest BCUT2D eigenvalue weighted by molar-refractivity contribution is 0.0698. The van der Waals surface area contributed by atoms with E-state index in [0.717, 1.165) is 0 Å². The van der Waals surface area contributed by atoms with Gasteiger partial charge in [-0.2, -0.15) is 0 Å². The lowest BCUT2D eigenvalue weighted by Crippen LogP contribution is -1.97. The summed E-state index contributed by atoms with van der Waals surface area (Å²) in [6.07, 6.45) is 1.36. The lowest BCUT2D eigenvalue weighted by atomic mass is 10.2. The van der Waals surface area contributed by atoms with Crippen LogP contribution in [0.3, 0.4) is 0 Å². The molecule has 0 radical (unpaired) electrons. The number of carboxylic acids is 1. The molecule has 7 heteroatoms. The highest BCUT2D eigenvalue weighted by Gasteiger charge is 2.14. The molecule has 0 fully saturated rings. The van der Waals surface area contributed by atoms with Gasteiger partial charge < -0.3 is 10.1 Å². The van der Waals surface area contributed by atoms with Gasteiger partial charge >= 0.3 is 5.97 Å². The molecule has 0 amide bonds. The van der Waals surface area contributed by atoms with Crippen LogP contribution >= 0.6 is 11.6 Å². The van der Waals surface area contributed by atoms with Gasteiger partial charge in [-0.15, -0.1) is 0 Å². The van der Waals surface area contributed by atoms with Crippen molar-refractivity contribution in [3.05, 3.63) is 46.9 Å². The quantitative estimate of drug-likeness (QED) is 0.760. The second-order valence-corrected chi connectivity index (χ2v) is 4.48. The second-order valence-electron chi connectivity index (χ2n) is 4.08. The first-order valence-electron chi connectivity index (χ1n) is 5.59. The Labute approximate surface area is 117 Å². The maximum absolute atomic E-state index is 13.4. The number of aromatic nitrogens is 3. The first-order valence-corrected chi connectivity index (χ1v) is 5.97. The summed E-state index contributed by atoms with van der Waals surface area (Å²) in [4.78, 5) is 22.1. The second kappa shape index (κ2) is 4.57. The normalized spacial score (nSPS) is 10.9. The zero-order chi connectivity index (χ0) is 14.3. The van der Waals surface area contributed by atoms with Crippen LogP contribution < -0.4 is 0 Å². The highest BCUT2D eigenvalue weighted by molar-refractivity contribution is 6.30. The van der Waals surface area contributed by atoms with Crippen molar-refractivity contribution in [1.82, 2.24) is 15.0 Å². The molecule has 0 aliphatic heterocycles. The Morgan fingerprint density at radius 3 is 2.85 bits per heavy atom. The highest BCUT2D eigenvalue weighted by atomic mass is 35.5. The zero-order valence-corrected chi connectivity index (χ0v) is 10.6. The topological polar surface area (TPSA) is 78.9 Å². The number of halogens is 2. The predicted octanol–water partition coefficient (Wildman–Crippen LogP) is 3.12. The van der Waals surface area contributed by atoms with Gasteiger partial charge in [0.2, 0.25) is 0 Å². The summed E-state index contributed by atoms with van der Waals surface area (Å²) in [6.45, 7) is 0. The number of pyridine rings is 1. The molecule has 0 atom stereocenters. The van der Waals surface area contributed by atoms with Crippen molar-refractivity contribution in [2.24, 2.45) is 0 Å². The SMILES string of the molecule is O=C(O)c1ccnc2nc(-c3ccc(Cl)c(F)c3)[nH]c12. The fraction of sp³-hybridized carbons (Fsp3) is 0. The van der Waals surface area contributed by atoms with Crippen LogP contribution in [-0.4, -0.2) is 26.0 Å². The van der Waals surface area contributed by atoms with Crippen molar-refractivity contribution in [2.75, 3.05) is 0 Å². The third-order valence-electron chi connectivity index (χ3n) is 2.82. The fourth-order valence-corrected chi connectivity index (χ4v) is 1.99. The molecule has 0 aliphatic carbocycles. The van der Waals surface area contributed by atoms with E-state index in [0.29, 0.717) is 16.9 Å². The molecule has 0 spiro atoms. The Morgan fingerprint density at radius 1 is 1.35 bits per heavy atom. The van der Waals surface area contributed by atoms with Crippen molar-refractivity contribution in [2.45, 2.75) is 0 Å². The fourth-order valence-electron chi connectivity index (χ4n) is 1.87. The molecular weight excluding hydrogens is 285 g/mol. The van der Waals surface area contributed by atoms with Gasteiger partial charge in [-0.25, -0.2) is 19.2 Å². The number of aromatic amines is 1. The maximum atomic E-state index is 13.4. The average Bonchev–Trinajstić information content (AvgIpc) is 2.85. The van der Waals surface area contributed by atoms with E-state index in [4.69, 9.17) is 16.7 Å². The molecule has 5 nitrogen and oxygen atoms in total. The summed E-state index contributed by atoms with van der Waals surface area (Å²) in [5, 5.41) is 9.10. The van der Waals surface area contributed by atoms with Crippen molar-refractivity contribution in [3.8, 4) is 11.4 Å². The number of carbonyl (C=O) groups is 1. The van der Waals surface area contributed by atoms with E-state index >= 15 is 0 Å². The molecular formula is C13H7ClFN3O2. The van der Waals surface area contributed by atoms with E-state index in [1.165, 1.54) is 24.4 Å². The number of nitrogens with zero attached hydrogens (tertiary/aromatic N) is 2. The molecule has 0 unspecified atom stereocenters. The largest absolute Gasteiger partial charge is 0.478 e. The minimum Gasteiger partial charge on any atom is -0.478 e. The maximum Gasteiger partial charge on any atom is 0.338 e. The first kappa shape index (κ1) is 12.6. The number of hydrogen-bond donors (Lipinski definition) is 2. The van der Waals surface area contributed by atoms with Crippen LogP contribution in [0.4, 0.5) is 4.39 Å². The number of benzene rings is 1. The number of imidazole rings is 1. The van der Waals surface area contributed by atoms with Crippen LogP contribution in [0.2, 0.25) is 5.02 Å². The van der Waals surface area contributed by atoms with Gasteiger partial charge in [-0.05, 0) is 24.3 Å². The third kappa shape index (κ3) is 2.00. The van der Waals surface area contributed by atoms with E-state index in [1.54, 1.807) is 6.07 Å². The Kier molecular flexibility index (Phi) is 2.87. The first-order chi connectivity index (χ1) is 9.56. The number of nitrogens with one attached hydrogen (secondary N) is 1. The van der Waals surface area contributed by atoms with Gasteiger partial charge in [-0.1, -0.05) is 11.6 Å². The molecule has 0 saturated carbocycles. The molecule has 2 heterocycles. The Morgan fingerprint density at radius 2 is 2.15 bits per heavy atom. The van der Waals surface area contributed by atoms with E-state index in [2.05, 4.69) is 15.0 Å². The van der Waals surface area contributed by atoms with Crippen LogP contribution in [0.25, 0.3) is 22.6 Å². The van der Waals surface area contributed by atoms with E-state index in [9.17, 15) is 9.18 Å². The summed E-state index contributed by atoms with van der Waals surface area (Å²) < 4.78 is 13.4. The monoisotopic (exact) mass is 291 g/mol. The molecule has 3 aromatic rings. The van der Waals surface area contributed by atoms with Gasteiger partial charge in [0.15, 0.2) is 5.65 Å². The van der Waals surface area contributed by atoms with Crippen LogP contribution in [0.5, 0.6) is 0 Å². The summed E-state index contributed by atoms with van der Waals surface area (Å²) in [5.74, 6) is -1.33. The average molecular weight is 292 g/mol. The zero-order valence-electron chi connectivity index (χ0n) is 9.89. The van der Waals surface area contributed by atoms with Gasteiger partial charge in [0, 0.05) is 11.8 Å². The van der Waals surface area contributed by atoms with Crippen molar-refractivity contribution in [3.63, 3.8) is 0 Å². The summed E-state index contributed by atoms with van der Waals surface area (Å²) >= 11 is 5.62. The van der Waals surface area contributed by atoms with Crippen molar-refractivity contribution >= 4 is 28.7 Å². The molecule has 20 heavy (non-hydrogen) atoms. The lowest BCUT2D eigenvalue weighted by Gasteiger charge is -1.98. The molecule has 3 rings (SSSR count). The van der Waals surface area contributed by atoms with Crippen LogP contribution in [-0.2, 0) is 0 Å². The minimum atomic E-state index is -1.09. The highest BCUT2D eigenvalue weighted by Crippen LogP contribution is 2.24. The molecule has 0 aliphatic rings. The van der Waals surface area contributed by atoms with Crippen molar-refractivity contribution in [1.29, 1.82) is 0 Å². The molecule has 2 aromatic heterocycles.